The maximum Gasteiger partial charge on any atom is 0.251 e. The highest BCUT2D eigenvalue weighted by molar-refractivity contribution is 6.30. The Balaban J connectivity index is 1.24. The lowest BCUT2D eigenvalue weighted by molar-refractivity contribution is 0.0940. The number of carbonyl (C=O) groups is 1. The van der Waals surface area contributed by atoms with Crippen molar-refractivity contribution in [3.8, 4) is 11.3 Å². The van der Waals surface area contributed by atoms with Crippen LogP contribution in [0, 0.1) is 0 Å². The molecule has 146 valence electrons. The molecular formula is C22H20ClN5O. The third-order valence-electron chi connectivity index (χ3n) is 5.38. The van der Waals surface area contributed by atoms with Gasteiger partial charge in [0, 0.05) is 52.9 Å². The number of H-pyrrole nitrogens is 2. The van der Waals surface area contributed by atoms with Crippen molar-refractivity contribution in [2.75, 3.05) is 18.0 Å². The van der Waals surface area contributed by atoms with Crippen molar-refractivity contribution in [1.29, 1.82) is 0 Å². The molecule has 5 rings (SSSR count). The SMILES string of the molecule is O=C(N[C@@H]1CCN(c2cc(-c3ccc(Cl)cc3)[nH]n2)C1)c1ccc2[nH]ccc2c1. The van der Waals surface area contributed by atoms with Crippen molar-refractivity contribution in [2.24, 2.45) is 0 Å². The van der Waals surface area contributed by atoms with Crippen LogP contribution >= 0.6 is 11.6 Å². The number of fused-ring (bicyclic) bond motifs is 1. The van der Waals surface area contributed by atoms with Crippen molar-refractivity contribution in [2.45, 2.75) is 12.5 Å². The Morgan fingerprint density at radius 1 is 1.14 bits per heavy atom. The molecule has 2 aromatic heterocycles. The molecule has 0 bridgehead atoms. The number of aromatic amines is 2. The molecule has 1 fully saturated rings. The van der Waals surface area contributed by atoms with Crippen molar-refractivity contribution >= 4 is 34.2 Å². The van der Waals surface area contributed by atoms with Crippen LogP contribution in [0.15, 0.2) is 60.8 Å². The predicted molar refractivity (Wildman–Crippen MR) is 115 cm³/mol. The fourth-order valence-corrected chi connectivity index (χ4v) is 3.93. The van der Waals surface area contributed by atoms with Gasteiger partial charge in [0.15, 0.2) is 5.82 Å². The maximum absolute atomic E-state index is 12.7. The first-order chi connectivity index (χ1) is 14.2. The van der Waals surface area contributed by atoms with E-state index in [1.54, 1.807) is 0 Å². The molecule has 1 saturated heterocycles. The van der Waals surface area contributed by atoms with Crippen LogP contribution < -0.4 is 10.2 Å². The number of amides is 1. The second-order valence-electron chi connectivity index (χ2n) is 7.33. The van der Waals surface area contributed by atoms with Crippen LogP contribution in [-0.4, -0.2) is 40.2 Å². The first-order valence-electron chi connectivity index (χ1n) is 9.60. The average molecular weight is 406 g/mol. The van der Waals surface area contributed by atoms with Crippen molar-refractivity contribution < 1.29 is 4.79 Å². The molecule has 29 heavy (non-hydrogen) atoms. The standard InChI is InChI=1S/C22H20ClN5O/c23-17-4-1-14(2-5-17)20-12-21(27-26-20)28-10-8-18(13-28)25-22(29)16-3-6-19-15(11-16)7-9-24-19/h1-7,9,11-12,18,24H,8,10,13H2,(H,25,29)(H,26,27)/t18-/m1/s1. The second-order valence-corrected chi connectivity index (χ2v) is 7.77. The highest BCUT2D eigenvalue weighted by Crippen LogP contribution is 2.25. The minimum atomic E-state index is -0.0381. The van der Waals surface area contributed by atoms with Gasteiger partial charge in [-0.2, -0.15) is 5.10 Å². The summed E-state index contributed by atoms with van der Waals surface area (Å²) in [5, 5.41) is 12.4. The summed E-state index contributed by atoms with van der Waals surface area (Å²) >= 11 is 5.96. The van der Waals surface area contributed by atoms with Crippen LogP contribution in [-0.2, 0) is 0 Å². The van der Waals surface area contributed by atoms with E-state index in [0.29, 0.717) is 10.6 Å². The molecule has 1 atom stereocenters. The molecule has 1 amide bonds. The summed E-state index contributed by atoms with van der Waals surface area (Å²) in [7, 11) is 0. The van der Waals surface area contributed by atoms with E-state index in [4.69, 9.17) is 11.6 Å². The van der Waals surface area contributed by atoms with Crippen LogP contribution in [0.3, 0.4) is 0 Å². The van der Waals surface area contributed by atoms with Gasteiger partial charge in [-0.15, -0.1) is 0 Å². The number of aromatic nitrogens is 3. The van der Waals surface area contributed by atoms with Crippen LogP contribution in [0.2, 0.25) is 5.02 Å². The minimum absolute atomic E-state index is 0.0381. The number of nitrogens with one attached hydrogen (secondary N) is 3. The quantitative estimate of drug-likeness (QED) is 0.475. The van der Waals surface area contributed by atoms with Crippen LogP contribution in [0.1, 0.15) is 16.8 Å². The lowest BCUT2D eigenvalue weighted by Crippen LogP contribution is -2.37. The second kappa shape index (κ2) is 7.29. The van der Waals surface area contributed by atoms with Gasteiger partial charge in [0.25, 0.3) is 5.91 Å². The third kappa shape index (κ3) is 3.59. The normalized spacial score (nSPS) is 16.4. The zero-order valence-electron chi connectivity index (χ0n) is 15.7. The van der Waals surface area contributed by atoms with Gasteiger partial charge in [-0.3, -0.25) is 9.89 Å². The van der Waals surface area contributed by atoms with E-state index in [1.165, 1.54) is 0 Å². The molecule has 0 saturated carbocycles. The highest BCUT2D eigenvalue weighted by Gasteiger charge is 2.26. The van der Waals surface area contributed by atoms with Gasteiger partial charge in [-0.05, 0) is 48.4 Å². The molecule has 4 aromatic rings. The molecule has 2 aromatic carbocycles. The number of carbonyl (C=O) groups excluding carboxylic acids is 1. The van der Waals surface area contributed by atoms with E-state index in [2.05, 4.69) is 25.4 Å². The Hall–Kier alpha value is -3.25. The van der Waals surface area contributed by atoms with Gasteiger partial charge in [0.05, 0.1) is 5.69 Å². The Bertz CT molecular complexity index is 1160. The van der Waals surface area contributed by atoms with E-state index in [0.717, 1.165) is 47.5 Å². The number of anilines is 1. The van der Waals surface area contributed by atoms with Crippen LogP contribution in [0.4, 0.5) is 5.82 Å². The Morgan fingerprint density at radius 2 is 2.00 bits per heavy atom. The topological polar surface area (TPSA) is 76.8 Å². The average Bonchev–Trinajstić information content (AvgIpc) is 3.48. The number of halogens is 1. The molecular weight excluding hydrogens is 386 g/mol. The van der Waals surface area contributed by atoms with Crippen LogP contribution in [0.5, 0.6) is 0 Å². The van der Waals surface area contributed by atoms with E-state index in [1.807, 2.05) is 60.8 Å². The van der Waals surface area contributed by atoms with Gasteiger partial charge >= 0.3 is 0 Å². The summed E-state index contributed by atoms with van der Waals surface area (Å²) in [6, 6.07) is 17.5. The smallest absolute Gasteiger partial charge is 0.251 e. The molecule has 0 radical (unpaired) electrons. The van der Waals surface area contributed by atoms with Crippen molar-refractivity contribution in [1.82, 2.24) is 20.5 Å². The lowest BCUT2D eigenvalue weighted by Gasteiger charge is -2.16. The first kappa shape index (κ1) is 17.8. The number of rotatable bonds is 4. The molecule has 6 nitrogen and oxygen atoms in total. The largest absolute Gasteiger partial charge is 0.361 e. The monoisotopic (exact) mass is 405 g/mol. The van der Waals surface area contributed by atoms with Gasteiger partial charge in [0.2, 0.25) is 0 Å². The van der Waals surface area contributed by atoms with Crippen molar-refractivity contribution in [3.05, 3.63) is 71.4 Å². The molecule has 0 aliphatic carbocycles. The fourth-order valence-electron chi connectivity index (χ4n) is 3.80. The molecule has 3 N–H and O–H groups in total. The Morgan fingerprint density at radius 3 is 2.86 bits per heavy atom. The molecule has 1 aliphatic rings. The van der Waals surface area contributed by atoms with Gasteiger partial charge in [-0.1, -0.05) is 23.7 Å². The summed E-state index contributed by atoms with van der Waals surface area (Å²) in [6.45, 7) is 1.59. The van der Waals surface area contributed by atoms with Gasteiger partial charge in [0.1, 0.15) is 0 Å². The molecule has 0 unspecified atom stereocenters. The zero-order valence-corrected chi connectivity index (χ0v) is 16.4. The number of benzene rings is 2. The summed E-state index contributed by atoms with van der Waals surface area (Å²) in [5.74, 6) is 0.851. The number of nitrogens with zero attached hydrogens (tertiary/aromatic N) is 2. The number of hydrogen-bond donors (Lipinski definition) is 3. The highest BCUT2D eigenvalue weighted by atomic mass is 35.5. The summed E-state index contributed by atoms with van der Waals surface area (Å²) in [6.07, 6.45) is 2.77. The Labute approximate surface area is 172 Å². The van der Waals surface area contributed by atoms with E-state index in [-0.39, 0.29) is 11.9 Å². The minimum Gasteiger partial charge on any atom is -0.361 e. The number of hydrogen-bond acceptors (Lipinski definition) is 3. The van der Waals surface area contributed by atoms with Crippen molar-refractivity contribution in [3.63, 3.8) is 0 Å². The molecule has 7 heteroatoms. The zero-order chi connectivity index (χ0) is 19.8. The maximum atomic E-state index is 12.7. The summed E-state index contributed by atoms with van der Waals surface area (Å²) in [5.41, 5.74) is 3.70. The van der Waals surface area contributed by atoms with E-state index >= 15 is 0 Å². The molecule has 0 spiro atoms. The molecule has 3 heterocycles. The summed E-state index contributed by atoms with van der Waals surface area (Å²) in [4.78, 5) is 18.0. The van der Waals surface area contributed by atoms with Gasteiger partial charge < -0.3 is 15.2 Å². The summed E-state index contributed by atoms with van der Waals surface area (Å²) < 4.78 is 0. The third-order valence-corrected chi connectivity index (χ3v) is 5.63. The predicted octanol–water partition coefficient (Wildman–Crippen LogP) is 4.22. The lowest BCUT2D eigenvalue weighted by atomic mass is 10.1. The van der Waals surface area contributed by atoms with E-state index < -0.39 is 0 Å². The van der Waals surface area contributed by atoms with Crippen LogP contribution in [0.25, 0.3) is 22.2 Å². The fraction of sp³-hybridized carbons (Fsp3) is 0.182. The van der Waals surface area contributed by atoms with E-state index in [9.17, 15) is 4.79 Å². The van der Waals surface area contributed by atoms with Gasteiger partial charge in [-0.25, -0.2) is 0 Å². The molecule has 1 aliphatic heterocycles. The first-order valence-corrected chi connectivity index (χ1v) is 9.98. The Kier molecular flexibility index (Phi) is 4.48.